The summed E-state index contributed by atoms with van der Waals surface area (Å²) in [7, 11) is 0. The van der Waals surface area contributed by atoms with Gasteiger partial charge >= 0.3 is 0 Å². The standard InChI is InChI=1S/C18H19ClN2/c1-12-7-4-5-9-15(12)14(3)21-17(11-19)20-16-10-6-8-13(2)18(16)21/h4-10,14H,11H2,1-3H3. The molecule has 3 heteroatoms. The molecule has 3 rings (SSSR count). The van der Waals surface area contributed by atoms with Gasteiger partial charge in [-0.05, 0) is 43.5 Å². The maximum Gasteiger partial charge on any atom is 0.125 e. The molecule has 1 aromatic heterocycles. The van der Waals surface area contributed by atoms with Gasteiger partial charge < -0.3 is 4.57 Å². The molecule has 0 saturated heterocycles. The molecule has 0 saturated carbocycles. The van der Waals surface area contributed by atoms with E-state index in [9.17, 15) is 0 Å². The fraction of sp³-hybridized carbons (Fsp3) is 0.278. The summed E-state index contributed by atoms with van der Waals surface area (Å²) in [6.45, 7) is 6.49. The second kappa shape index (κ2) is 5.53. The van der Waals surface area contributed by atoms with E-state index in [2.05, 4.69) is 61.7 Å². The number of fused-ring (bicyclic) bond motifs is 1. The van der Waals surface area contributed by atoms with Gasteiger partial charge in [-0.15, -0.1) is 11.6 Å². The average Bonchev–Trinajstić information content (AvgIpc) is 2.87. The lowest BCUT2D eigenvalue weighted by molar-refractivity contribution is 0.629. The molecule has 21 heavy (non-hydrogen) atoms. The topological polar surface area (TPSA) is 17.8 Å². The Morgan fingerprint density at radius 3 is 2.48 bits per heavy atom. The molecule has 0 spiro atoms. The van der Waals surface area contributed by atoms with Gasteiger partial charge in [-0.3, -0.25) is 0 Å². The third-order valence-corrected chi connectivity index (χ3v) is 4.37. The van der Waals surface area contributed by atoms with E-state index in [-0.39, 0.29) is 6.04 Å². The summed E-state index contributed by atoms with van der Waals surface area (Å²) in [5, 5.41) is 0. The fourth-order valence-electron chi connectivity index (χ4n) is 3.08. The van der Waals surface area contributed by atoms with Gasteiger partial charge in [-0.2, -0.15) is 0 Å². The van der Waals surface area contributed by atoms with Crippen molar-refractivity contribution >= 4 is 22.6 Å². The van der Waals surface area contributed by atoms with Crippen molar-refractivity contribution in [1.29, 1.82) is 0 Å². The van der Waals surface area contributed by atoms with Gasteiger partial charge in [-0.25, -0.2) is 4.98 Å². The number of nitrogens with zero attached hydrogens (tertiary/aromatic N) is 2. The first-order chi connectivity index (χ1) is 10.1. The molecule has 0 aliphatic rings. The van der Waals surface area contributed by atoms with Crippen LogP contribution in [0.1, 0.15) is 35.5 Å². The quantitative estimate of drug-likeness (QED) is 0.622. The minimum absolute atomic E-state index is 0.214. The number of rotatable bonds is 3. The summed E-state index contributed by atoms with van der Waals surface area (Å²) >= 11 is 6.14. The van der Waals surface area contributed by atoms with Crippen molar-refractivity contribution in [3.05, 3.63) is 65.0 Å². The van der Waals surface area contributed by atoms with Crippen LogP contribution in [0, 0.1) is 13.8 Å². The molecule has 0 N–H and O–H groups in total. The van der Waals surface area contributed by atoms with Crippen molar-refractivity contribution in [2.75, 3.05) is 0 Å². The lowest BCUT2D eigenvalue weighted by Crippen LogP contribution is -2.11. The van der Waals surface area contributed by atoms with Crippen molar-refractivity contribution in [2.24, 2.45) is 0 Å². The van der Waals surface area contributed by atoms with E-state index in [4.69, 9.17) is 16.6 Å². The van der Waals surface area contributed by atoms with Gasteiger partial charge in [-0.1, -0.05) is 36.4 Å². The Balaban J connectivity index is 2.26. The van der Waals surface area contributed by atoms with Crippen LogP contribution in [0.25, 0.3) is 11.0 Å². The highest BCUT2D eigenvalue weighted by atomic mass is 35.5. The highest BCUT2D eigenvalue weighted by Gasteiger charge is 2.18. The van der Waals surface area contributed by atoms with E-state index in [0.717, 1.165) is 11.3 Å². The number of aromatic nitrogens is 2. The van der Waals surface area contributed by atoms with Crippen LogP contribution in [0.4, 0.5) is 0 Å². The molecule has 2 aromatic carbocycles. The zero-order chi connectivity index (χ0) is 15.0. The number of hydrogen-bond donors (Lipinski definition) is 0. The molecule has 1 unspecified atom stereocenters. The van der Waals surface area contributed by atoms with Crippen molar-refractivity contribution in [3.8, 4) is 0 Å². The van der Waals surface area contributed by atoms with Gasteiger partial charge in [0, 0.05) is 0 Å². The van der Waals surface area contributed by atoms with Crippen LogP contribution < -0.4 is 0 Å². The van der Waals surface area contributed by atoms with E-state index in [1.54, 1.807) is 0 Å². The van der Waals surface area contributed by atoms with Crippen LogP contribution in [0.15, 0.2) is 42.5 Å². The molecule has 0 bridgehead atoms. The Hall–Kier alpha value is -1.80. The maximum absolute atomic E-state index is 6.14. The molecule has 0 radical (unpaired) electrons. The van der Waals surface area contributed by atoms with Crippen molar-refractivity contribution < 1.29 is 0 Å². The molecular formula is C18H19ClN2. The summed E-state index contributed by atoms with van der Waals surface area (Å²) in [6, 6.07) is 14.9. The Morgan fingerprint density at radius 1 is 1.05 bits per heavy atom. The lowest BCUT2D eigenvalue weighted by Gasteiger charge is -2.20. The van der Waals surface area contributed by atoms with Gasteiger partial charge in [0.25, 0.3) is 0 Å². The number of para-hydroxylation sites is 1. The van der Waals surface area contributed by atoms with Crippen LogP contribution >= 0.6 is 11.6 Å². The van der Waals surface area contributed by atoms with Gasteiger partial charge in [0.1, 0.15) is 5.82 Å². The minimum Gasteiger partial charge on any atom is -0.319 e. The lowest BCUT2D eigenvalue weighted by atomic mass is 10.0. The highest BCUT2D eigenvalue weighted by molar-refractivity contribution is 6.16. The summed E-state index contributed by atoms with van der Waals surface area (Å²) in [4.78, 5) is 4.70. The first-order valence-corrected chi connectivity index (χ1v) is 7.75. The van der Waals surface area contributed by atoms with Crippen LogP contribution in [0.2, 0.25) is 0 Å². The van der Waals surface area contributed by atoms with Crippen LogP contribution in [0.5, 0.6) is 0 Å². The number of imidazole rings is 1. The van der Waals surface area contributed by atoms with E-state index < -0.39 is 0 Å². The third kappa shape index (κ3) is 2.34. The largest absolute Gasteiger partial charge is 0.319 e. The van der Waals surface area contributed by atoms with Crippen molar-refractivity contribution in [1.82, 2.24) is 9.55 Å². The number of hydrogen-bond acceptors (Lipinski definition) is 1. The number of alkyl halides is 1. The smallest absolute Gasteiger partial charge is 0.125 e. The molecule has 2 nitrogen and oxygen atoms in total. The second-order valence-corrected chi connectivity index (χ2v) is 5.77. The predicted molar refractivity (Wildman–Crippen MR) is 89.0 cm³/mol. The third-order valence-electron chi connectivity index (χ3n) is 4.13. The van der Waals surface area contributed by atoms with E-state index >= 15 is 0 Å². The first kappa shape index (κ1) is 14.2. The van der Waals surface area contributed by atoms with E-state index in [1.165, 1.54) is 22.2 Å². The van der Waals surface area contributed by atoms with Gasteiger partial charge in [0.2, 0.25) is 0 Å². The molecule has 1 heterocycles. The molecule has 0 fully saturated rings. The monoisotopic (exact) mass is 298 g/mol. The second-order valence-electron chi connectivity index (χ2n) is 5.51. The first-order valence-electron chi connectivity index (χ1n) is 7.21. The molecule has 3 aromatic rings. The summed E-state index contributed by atoms with van der Waals surface area (Å²) < 4.78 is 2.28. The molecule has 0 aliphatic carbocycles. The fourth-order valence-corrected chi connectivity index (χ4v) is 3.26. The molecule has 108 valence electrons. The molecule has 1 atom stereocenters. The number of halogens is 1. The van der Waals surface area contributed by atoms with E-state index in [1.807, 2.05) is 6.07 Å². The molecule has 0 aliphatic heterocycles. The Kier molecular flexibility index (Phi) is 3.73. The summed E-state index contributed by atoms with van der Waals surface area (Å²) in [6.07, 6.45) is 0. The molecular weight excluding hydrogens is 280 g/mol. The normalized spacial score (nSPS) is 12.8. The van der Waals surface area contributed by atoms with Crippen molar-refractivity contribution in [2.45, 2.75) is 32.7 Å². The van der Waals surface area contributed by atoms with Gasteiger partial charge in [0.15, 0.2) is 0 Å². The van der Waals surface area contributed by atoms with E-state index in [0.29, 0.717) is 5.88 Å². The zero-order valence-corrected chi connectivity index (χ0v) is 13.4. The molecule has 0 amide bonds. The van der Waals surface area contributed by atoms with Crippen molar-refractivity contribution in [3.63, 3.8) is 0 Å². The number of benzene rings is 2. The maximum atomic E-state index is 6.14. The van der Waals surface area contributed by atoms with Crippen LogP contribution in [-0.4, -0.2) is 9.55 Å². The average molecular weight is 299 g/mol. The minimum atomic E-state index is 0.214. The Labute approximate surface area is 130 Å². The van der Waals surface area contributed by atoms with Crippen LogP contribution in [-0.2, 0) is 5.88 Å². The summed E-state index contributed by atoms with van der Waals surface area (Å²) in [5.74, 6) is 1.35. The Bertz CT molecular complexity index is 789. The highest BCUT2D eigenvalue weighted by Crippen LogP contribution is 2.30. The zero-order valence-electron chi connectivity index (χ0n) is 12.6. The SMILES string of the molecule is Cc1ccccc1C(C)n1c(CCl)nc2cccc(C)c21. The number of aryl methyl sites for hydroxylation is 2. The summed E-state index contributed by atoms with van der Waals surface area (Å²) in [5.41, 5.74) is 6.04. The Morgan fingerprint density at radius 2 is 1.76 bits per heavy atom. The predicted octanol–water partition coefficient (Wildman–Crippen LogP) is 5.00. The van der Waals surface area contributed by atoms with Gasteiger partial charge in [0.05, 0.1) is 23.0 Å². The van der Waals surface area contributed by atoms with Crippen LogP contribution in [0.3, 0.4) is 0 Å².